The van der Waals surface area contributed by atoms with Crippen LogP contribution in [0.1, 0.15) is 34.1 Å². The predicted molar refractivity (Wildman–Crippen MR) is 45.3 cm³/mol. The van der Waals surface area contributed by atoms with Crippen LogP contribution in [0.3, 0.4) is 0 Å². The zero-order chi connectivity index (χ0) is 9.02. The number of aliphatic hydroxyl groups excluding tert-OH is 1. The second-order valence-corrected chi connectivity index (χ2v) is 3.59. The van der Waals surface area contributed by atoms with Gasteiger partial charge in [-0.05, 0) is 26.2 Å². The normalized spacial score (nSPS) is 16.5. The van der Waals surface area contributed by atoms with E-state index in [-0.39, 0.29) is 11.7 Å². The van der Waals surface area contributed by atoms with E-state index >= 15 is 0 Å². The van der Waals surface area contributed by atoms with Gasteiger partial charge in [0.15, 0.2) is 0 Å². The van der Waals surface area contributed by atoms with Gasteiger partial charge in [0.1, 0.15) is 5.78 Å². The van der Waals surface area contributed by atoms with Crippen LogP contribution in [0, 0.1) is 11.8 Å². The molecule has 0 aromatic heterocycles. The third-order valence-corrected chi connectivity index (χ3v) is 1.83. The molecular weight excluding hydrogens is 140 g/mol. The van der Waals surface area contributed by atoms with Crippen molar-refractivity contribution in [1.82, 2.24) is 0 Å². The molecule has 0 fully saturated rings. The van der Waals surface area contributed by atoms with Gasteiger partial charge in [0.2, 0.25) is 0 Å². The molecule has 0 spiro atoms. The van der Waals surface area contributed by atoms with Gasteiger partial charge in [-0.3, -0.25) is 4.79 Å². The minimum absolute atomic E-state index is 0.0914. The summed E-state index contributed by atoms with van der Waals surface area (Å²) in [4.78, 5) is 11.0. The summed E-state index contributed by atoms with van der Waals surface area (Å²) >= 11 is 0. The molecular formula is C9H18O2. The first-order valence-electron chi connectivity index (χ1n) is 4.13. The van der Waals surface area contributed by atoms with E-state index in [0.29, 0.717) is 5.92 Å². The van der Waals surface area contributed by atoms with Crippen LogP contribution in [0.25, 0.3) is 0 Å². The first kappa shape index (κ1) is 10.6. The highest BCUT2D eigenvalue weighted by Crippen LogP contribution is 2.16. The van der Waals surface area contributed by atoms with Crippen LogP contribution in [-0.4, -0.2) is 17.0 Å². The van der Waals surface area contributed by atoms with E-state index in [1.54, 1.807) is 13.8 Å². The summed E-state index contributed by atoms with van der Waals surface area (Å²) in [5.74, 6) is 0.391. The summed E-state index contributed by atoms with van der Waals surface area (Å²) < 4.78 is 0. The minimum Gasteiger partial charge on any atom is -0.393 e. The molecule has 0 radical (unpaired) electrons. The van der Waals surface area contributed by atoms with Gasteiger partial charge in [0.05, 0.1) is 6.10 Å². The molecule has 0 heterocycles. The fourth-order valence-electron chi connectivity index (χ4n) is 1.21. The standard InChI is InChI=1S/C9H18O2/c1-6(2)5-9(7(3)10)8(4)11/h6-7,9-10H,5H2,1-4H3/t7-,9+/m1/s1. The van der Waals surface area contributed by atoms with Crippen LogP contribution in [0.4, 0.5) is 0 Å². The largest absolute Gasteiger partial charge is 0.393 e. The van der Waals surface area contributed by atoms with Crippen molar-refractivity contribution >= 4 is 5.78 Å². The van der Waals surface area contributed by atoms with Crippen LogP contribution >= 0.6 is 0 Å². The second kappa shape index (κ2) is 4.50. The van der Waals surface area contributed by atoms with Gasteiger partial charge >= 0.3 is 0 Å². The van der Waals surface area contributed by atoms with Gasteiger partial charge in [0, 0.05) is 5.92 Å². The fourth-order valence-corrected chi connectivity index (χ4v) is 1.21. The van der Waals surface area contributed by atoms with Gasteiger partial charge in [-0.15, -0.1) is 0 Å². The Hall–Kier alpha value is -0.370. The van der Waals surface area contributed by atoms with Crippen molar-refractivity contribution in [3.8, 4) is 0 Å². The Labute approximate surface area is 68.6 Å². The molecule has 1 N–H and O–H groups in total. The second-order valence-electron chi connectivity index (χ2n) is 3.59. The Balaban J connectivity index is 4.01. The molecule has 0 amide bonds. The van der Waals surface area contributed by atoms with Crippen molar-refractivity contribution < 1.29 is 9.90 Å². The predicted octanol–water partition coefficient (Wildman–Crippen LogP) is 1.62. The average molecular weight is 158 g/mol. The maximum Gasteiger partial charge on any atom is 0.135 e. The smallest absolute Gasteiger partial charge is 0.135 e. The molecule has 0 aromatic rings. The number of carbonyl (C=O) groups excluding carboxylic acids is 1. The molecule has 2 nitrogen and oxygen atoms in total. The van der Waals surface area contributed by atoms with Crippen molar-refractivity contribution in [3.63, 3.8) is 0 Å². The van der Waals surface area contributed by atoms with Crippen LogP contribution in [0.2, 0.25) is 0 Å². The van der Waals surface area contributed by atoms with Gasteiger partial charge in [-0.25, -0.2) is 0 Å². The monoisotopic (exact) mass is 158 g/mol. The minimum atomic E-state index is -0.505. The highest BCUT2D eigenvalue weighted by molar-refractivity contribution is 5.78. The Morgan fingerprint density at radius 3 is 1.91 bits per heavy atom. The zero-order valence-electron chi connectivity index (χ0n) is 7.79. The molecule has 2 heteroatoms. The van der Waals surface area contributed by atoms with E-state index in [0.717, 1.165) is 6.42 Å². The Morgan fingerprint density at radius 2 is 1.82 bits per heavy atom. The molecule has 0 unspecified atom stereocenters. The lowest BCUT2D eigenvalue weighted by molar-refractivity contribution is -0.124. The molecule has 0 aliphatic carbocycles. The summed E-state index contributed by atoms with van der Waals surface area (Å²) in [7, 11) is 0. The quantitative estimate of drug-likeness (QED) is 0.675. The van der Waals surface area contributed by atoms with E-state index in [9.17, 15) is 9.90 Å². The van der Waals surface area contributed by atoms with Crippen molar-refractivity contribution in [3.05, 3.63) is 0 Å². The van der Waals surface area contributed by atoms with Crippen molar-refractivity contribution in [2.24, 2.45) is 11.8 Å². The number of aliphatic hydroxyl groups is 1. The summed E-state index contributed by atoms with van der Waals surface area (Å²) in [6.45, 7) is 7.32. The summed E-state index contributed by atoms with van der Waals surface area (Å²) in [6, 6.07) is 0. The number of hydrogen-bond donors (Lipinski definition) is 1. The molecule has 66 valence electrons. The van der Waals surface area contributed by atoms with Gasteiger partial charge in [-0.2, -0.15) is 0 Å². The average Bonchev–Trinajstić information content (AvgIpc) is 1.81. The molecule has 11 heavy (non-hydrogen) atoms. The van der Waals surface area contributed by atoms with E-state index < -0.39 is 6.10 Å². The third-order valence-electron chi connectivity index (χ3n) is 1.83. The van der Waals surface area contributed by atoms with Crippen LogP contribution in [0.15, 0.2) is 0 Å². The number of rotatable bonds is 4. The maximum absolute atomic E-state index is 11.0. The molecule has 0 saturated heterocycles. The molecule has 0 aliphatic heterocycles. The molecule has 2 atom stereocenters. The Kier molecular flexibility index (Phi) is 4.34. The molecule has 0 bridgehead atoms. The third kappa shape index (κ3) is 4.14. The van der Waals surface area contributed by atoms with E-state index in [1.165, 1.54) is 0 Å². The summed E-state index contributed by atoms with van der Waals surface area (Å²) in [5, 5.41) is 9.21. The van der Waals surface area contributed by atoms with Gasteiger partial charge in [-0.1, -0.05) is 13.8 Å². The summed E-state index contributed by atoms with van der Waals surface area (Å²) in [5.41, 5.74) is 0. The molecule has 0 rings (SSSR count). The molecule has 0 saturated carbocycles. The Bertz CT molecular complexity index is 128. The molecule has 0 aromatic carbocycles. The van der Waals surface area contributed by atoms with Gasteiger partial charge in [0.25, 0.3) is 0 Å². The number of carbonyl (C=O) groups is 1. The molecule has 0 aliphatic rings. The lowest BCUT2D eigenvalue weighted by Gasteiger charge is -2.18. The van der Waals surface area contributed by atoms with E-state index in [1.807, 2.05) is 0 Å². The SMILES string of the molecule is CC(=O)[C@@H](CC(C)C)[C@@H](C)O. The number of hydrogen-bond acceptors (Lipinski definition) is 2. The maximum atomic E-state index is 11.0. The van der Waals surface area contributed by atoms with Gasteiger partial charge < -0.3 is 5.11 Å². The lowest BCUT2D eigenvalue weighted by atomic mass is 9.90. The van der Waals surface area contributed by atoms with Crippen LogP contribution in [0.5, 0.6) is 0 Å². The lowest BCUT2D eigenvalue weighted by Crippen LogP contribution is -2.25. The number of ketones is 1. The van der Waals surface area contributed by atoms with Crippen molar-refractivity contribution in [1.29, 1.82) is 0 Å². The fraction of sp³-hybridized carbons (Fsp3) is 0.889. The van der Waals surface area contributed by atoms with Crippen LogP contribution < -0.4 is 0 Å². The van der Waals surface area contributed by atoms with E-state index in [2.05, 4.69) is 13.8 Å². The van der Waals surface area contributed by atoms with Crippen LogP contribution in [-0.2, 0) is 4.79 Å². The van der Waals surface area contributed by atoms with Crippen molar-refractivity contribution in [2.45, 2.75) is 40.2 Å². The first-order valence-corrected chi connectivity index (χ1v) is 4.13. The highest BCUT2D eigenvalue weighted by Gasteiger charge is 2.20. The highest BCUT2D eigenvalue weighted by atomic mass is 16.3. The zero-order valence-corrected chi connectivity index (χ0v) is 7.79. The Morgan fingerprint density at radius 1 is 1.36 bits per heavy atom. The van der Waals surface area contributed by atoms with Crippen molar-refractivity contribution in [2.75, 3.05) is 0 Å². The first-order chi connectivity index (χ1) is 4.95. The number of Topliss-reactive ketones (excluding diaryl/α,β-unsaturated/α-hetero) is 1. The topological polar surface area (TPSA) is 37.3 Å². The summed E-state index contributed by atoms with van der Waals surface area (Å²) in [6.07, 6.45) is 0.280. The van der Waals surface area contributed by atoms with E-state index in [4.69, 9.17) is 0 Å².